The van der Waals surface area contributed by atoms with Crippen molar-refractivity contribution in [2.24, 2.45) is 0 Å². The zero-order chi connectivity index (χ0) is 13.3. The van der Waals surface area contributed by atoms with Crippen molar-refractivity contribution in [2.45, 2.75) is 6.61 Å². The van der Waals surface area contributed by atoms with Gasteiger partial charge in [0.15, 0.2) is 0 Å². The van der Waals surface area contributed by atoms with Crippen molar-refractivity contribution in [2.75, 3.05) is 0 Å². The standard InChI is InChI=1S/C12H7Cl4NO/c13-8-3-6(4-9(14)12(8)16)7-1-2-11(15)17-10(7)5-18/h1-4,18H,5H2. The molecule has 0 spiro atoms. The maximum Gasteiger partial charge on any atom is 0.129 e. The van der Waals surface area contributed by atoms with Gasteiger partial charge in [0, 0.05) is 5.56 Å². The minimum absolute atomic E-state index is 0.228. The summed E-state index contributed by atoms with van der Waals surface area (Å²) in [7, 11) is 0. The van der Waals surface area contributed by atoms with Crippen LogP contribution in [-0.4, -0.2) is 10.1 Å². The van der Waals surface area contributed by atoms with Crippen LogP contribution in [0, 0.1) is 0 Å². The molecule has 0 aliphatic carbocycles. The van der Waals surface area contributed by atoms with Crippen LogP contribution in [0.4, 0.5) is 0 Å². The highest BCUT2D eigenvalue weighted by Crippen LogP contribution is 2.36. The molecule has 0 amide bonds. The molecule has 1 N–H and O–H groups in total. The molecule has 0 bridgehead atoms. The maximum atomic E-state index is 9.28. The molecule has 0 saturated carbocycles. The molecule has 0 atom stereocenters. The second-order valence-electron chi connectivity index (χ2n) is 3.54. The van der Waals surface area contributed by atoms with E-state index >= 15 is 0 Å². The Morgan fingerprint density at radius 2 is 1.61 bits per heavy atom. The summed E-state index contributed by atoms with van der Waals surface area (Å²) in [6, 6.07) is 6.71. The number of rotatable bonds is 2. The third-order valence-corrected chi connectivity index (χ3v) is 3.79. The lowest BCUT2D eigenvalue weighted by Gasteiger charge is -2.09. The fourth-order valence-corrected chi connectivity index (χ4v) is 2.33. The van der Waals surface area contributed by atoms with Gasteiger partial charge in [0.05, 0.1) is 27.4 Å². The molecule has 0 radical (unpaired) electrons. The van der Waals surface area contributed by atoms with Gasteiger partial charge in [0.1, 0.15) is 5.15 Å². The molecule has 1 heterocycles. The molecule has 0 aliphatic rings. The Hall–Kier alpha value is -0.510. The second kappa shape index (κ2) is 5.64. The summed E-state index contributed by atoms with van der Waals surface area (Å²) >= 11 is 23.6. The fraction of sp³-hybridized carbons (Fsp3) is 0.0833. The molecule has 0 saturated heterocycles. The van der Waals surface area contributed by atoms with E-state index in [4.69, 9.17) is 46.4 Å². The Balaban J connectivity index is 2.62. The number of pyridine rings is 1. The van der Waals surface area contributed by atoms with Crippen LogP contribution in [0.25, 0.3) is 11.1 Å². The van der Waals surface area contributed by atoms with E-state index in [-0.39, 0.29) is 6.61 Å². The van der Waals surface area contributed by atoms with Gasteiger partial charge in [-0.05, 0) is 29.8 Å². The van der Waals surface area contributed by atoms with Crippen LogP contribution in [0.3, 0.4) is 0 Å². The molecular weight excluding hydrogens is 316 g/mol. The first kappa shape index (κ1) is 13.9. The van der Waals surface area contributed by atoms with E-state index in [0.717, 1.165) is 5.56 Å². The minimum atomic E-state index is -0.228. The van der Waals surface area contributed by atoms with Gasteiger partial charge in [-0.15, -0.1) is 0 Å². The van der Waals surface area contributed by atoms with E-state index in [1.165, 1.54) is 0 Å². The topological polar surface area (TPSA) is 33.1 Å². The maximum absolute atomic E-state index is 9.28. The van der Waals surface area contributed by atoms with Crippen LogP contribution in [0.15, 0.2) is 24.3 Å². The summed E-state index contributed by atoms with van der Waals surface area (Å²) in [6.45, 7) is -0.228. The van der Waals surface area contributed by atoms with Gasteiger partial charge >= 0.3 is 0 Å². The summed E-state index contributed by atoms with van der Waals surface area (Å²) in [5.41, 5.74) is 1.89. The summed E-state index contributed by atoms with van der Waals surface area (Å²) in [5.74, 6) is 0. The Bertz CT molecular complexity index is 578. The van der Waals surface area contributed by atoms with Crippen molar-refractivity contribution >= 4 is 46.4 Å². The normalized spacial score (nSPS) is 10.7. The second-order valence-corrected chi connectivity index (χ2v) is 5.12. The predicted octanol–water partition coefficient (Wildman–Crippen LogP) is 4.85. The zero-order valence-electron chi connectivity index (χ0n) is 8.92. The zero-order valence-corrected chi connectivity index (χ0v) is 11.9. The monoisotopic (exact) mass is 321 g/mol. The van der Waals surface area contributed by atoms with Gasteiger partial charge in [-0.1, -0.05) is 46.4 Å². The predicted molar refractivity (Wildman–Crippen MR) is 75.6 cm³/mol. The molecule has 1 aromatic heterocycles. The number of hydrogen-bond donors (Lipinski definition) is 1. The highest BCUT2D eigenvalue weighted by molar-refractivity contribution is 6.48. The van der Waals surface area contributed by atoms with E-state index in [9.17, 15) is 5.11 Å². The smallest absolute Gasteiger partial charge is 0.129 e. The SMILES string of the molecule is OCc1nc(Cl)ccc1-c1cc(Cl)c(Cl)c(Cl)c1. The molecule has 94 valence electrons. The van der Waals surface area contributed by atoms with Crippen LogP contribution in [0.1, 0.15) is 5.69 Å². The number of aromatic nitrogens is 1. The van der Waals surface area contributed by atoms with E-state index < -0.39 is 0 Å². The number of aliphatic hydroxyl groups excluding tert-OH is 1. The van der Waals surface area contributed by atoms with E-state index in [1.54, 1.807) is 24.3 Å². The molecule has 6 heteroatoms. The van der Waals surface area contributed by atoms with Crippen molar-refractivity contribution in [3.05, 3.63) is 50.2 Å². The highest BCUT2D eigenvalue weighted by atomic mass is 35.5. The van der Waals surface area contributed by atoms with Crippen molar-refractivity contribution in [3.8, 4) is 11.1 Å². The average molecular weight is 323 g/mol. The minimum Gasteiger partial charge on any atom is -0.390 e. The first-order chi connectivity index (χ1) is 8.52. The van der Waals surface area contributed by atoms with Gasteiger partial charge in [0.25, 0.3) is 0 Å². The van der Waals surface area contributed by atoms with Crippen molar-refractivity contribution < 1.29 is 5.11 Å². The van der Waals surface area contributed by atoms with Gasteiger partial charge in [-0.25, -0.2) is 4.98 Å². The molecule has 1 aromatic carbocycles. The lowest BCUT2D eigenvalue weighted by atomic mass is 10.0. The molecule has 2 nitrogen and oxygen atoms in total. The molecule has 0 unspecified atom stereocenters. The van der Waals surface area contributed by atoms with Crippen molar-refractivity contribution in [1.82, 2.24) is 4.98 Å². The number of hydrogen-bond acceptors (Lipinski definition) is 2. The highest BCUT2D eigenvalue weighted by Gasteiger charge is 2.11. The number of nitrogens with zero attached hydrogens (tertiary/aromatic N) is 1. The number of halogens is 4. The average Bonchev–Trinajstić information content (AvgIpc) is 2.35. The summed E-state index contributed by atoms with van der Waals surface area (Å²) < 4.78 is 0. The molecule has 0 aliphatic heterocycles. The number of benzene rings is 1. The summed E-state index contributed by atoms with van der Waals surface area (Å²) in [6.07, 6.45) is 0. The van der Waals surface area contributed by atoms with Crippen LogP contribution >= 0.6 is 46.4 Å². The van der Waals surface area contributed by atoms with Crippen molar-refractivity contribution in [3.63, 3.8) is 0 Å². The van der Waals surface area contributed by atoms with Crippen LogP contribution < -0.4 is 0 Å². The van der Waals surface area contributed by atoms with Crippen LogP contribution in [0.2, 0.25) is 20.2 Å². The largest absolute Gasteiger partial charge is 0.390 e. The third-order valence-electron chi connectivity index (χ3n) is 2.38. The summed E-state index contributed by atoms with van der Waals surface area (Å²) in [4.78, 5) is 4.05. The molecule has 0 fully saturated rings. The third kappa shape index (κ3) is 2.73. The quantitative estimate of drug-likeness (QED) is 0.633. The molecule has 2 rings (SSSR count). The van der Waals surface area contributed by atoms with E-state index in [2.05, 4.69) is 4.98 Å². The fourth-order valence-electron chi connectivity index (χ4n) is 1.57. The van der Waals surface area contributed by atoms with Gasteiger partial charge in [-0.2, -0.15) is 0 Å². The van der Waals surface area contributed by atoms with E-state index in [0.29, 0.717) is 31.5 Å². The van der Waals surface area contributed by atoms with E-state index in [1.807, 2.05) is 0 Å². The lowest BCUT2D eigenvalue weighted by Crippen LogP contribution is -1.94. The Morgan fingerprint density at radius 1 is 1.00 bits per heavy atom. The molecular formula is C12H7Cl4NO. The van der Waals surface area contributed by atoms with Gasteiger partial charge < -0.3 is 5.11 Å². The number of aliphatic hydroxyl groups is 1. The Labute approximate surface area is 124 Å². The Morgan fingerprint density at radius 3 is 2.17 bits per heavy atom. The Kier molecular flexibility index (Phi) is 4.36. The van der Waals surface area contributed by atoms with Crippen molar-refractivity contribution in [1.29, 1.82) is 0 Å². The first-order valence-corrected chi connectivity index (χ1v) is 6.45. The molecule has 2 aromatic rings. The summed E-state index contributed by atoms with van der Waals surface area (Å²) in [5, 5.41) is 10.6. The molecule has 18 heavy (non-hydrogen) atoms. The first-order valence-electron chi connectivity index (χ1n) is 4.94. The lowest BCUT2D eigenvalue weighted by molar-refractivity contribution is 0.277. The van der Waals surface area contributed by atoms with Crippen LogP contribution in [0.5, 0.6) is 0 Å². The van der Waals surface area contributed by atoms with Crippen LogP contribution in [-0.2, 0) is 6.61 Å². The van der Waals surface area contributed by atoms with Gasteiger partial charge in [0.2, 0.25) is 0 Å². The van der Waals surface area contributed by atoms with Gasteiger partial charge in [-0.3, -0.25) is 0 Å².